The largest absolute Gasteiger partial charge is 0.422 e. The molecule has 162 valence electrons. The highest BCUT2D eigenvalue weighted by molar-refractivity contribution is 7.94. The fourth-order valence-corrected chi connectivity index (χ4v) is 4.62. The number of rotatable bonds is 5. The van der Waals surface area contributed by atoms with Crippen LogP contribution >= 0.6 is 0 Å². The molecule has 0 aliphatic rings. The minimum absolute atomic E-state index is 0.187. The van der Waals surface area contributed by atoms with E-state index in [1.54, 1.807) is 60.8 Å². The molecule has 5 aromatic rings. The van der Waals surface area contributed by atoms with Crippen LogP contribution in [-0.2, 0) is 9.84 Å². The van der Waals surface area contributed by atoms with Gasteiger partial charge in [0.2, 0.25) is 15.0 Å². The van der Waals surface area contributed by atoms with Crippen LogP contribution in [0.15, 0.2) is 117 Å². The van der Waals surface area contributed by atoms with Gasteiger partial charge in [-0.05, 0) is 35.9 Å². The van der Waals surface area contributed by atoms with Gasteiger partial charge in [-0.25, -0.2) is 18.2 Å². The van der Waals surface area contributed by atoms with Gasteiger partial charge >= 0.3 is 5.63 Å². The van der Waals surface area contributed by atoms with E-state index in [4.69, 9.17) is 4.42 Å². The molecule has 2 heterocycles. The lowest BCUT2D eigenvalue weighted by Gasteiger charge is -2.06. The molecule has 0 spiro atoms. The lowest BCUT2D eigenvalue weighted by molar-refractivity contribution is 0.563. The zero-order valence-electron chi connectivity index (χ0n) is 17.3. The van der Waals surface area contributed by atoms with Gasteiger partial charge in [-0.15, -0.1) is 0 Å². The third-order valence-electron chi connectivity index (χ3n) is 5.12. The molecule has 0 saturated carbocycles. The van der Waals surface area contributed by atoms with Crippen LogP contribution in [0.3, 0.4) is 0 Å². The smallest absolute Gasteiger partial charge is 0.345 e. The number of imidazole rings is 1. The molecule has 0 bridgehead atoms. The average molecular weight is 455 g/mol. The van der Waals surface area contributed by atoms with Crippen LogP contribution in [0.25, 0.3) is 34.0 Å². The third kappa shape index (κ3) is 4.14. The molecule has 0 N–H and O–H groups in total. The van der Waals surface area contributed by atoms with E-state index in [2.05, 4.69) is 4.98 Å². The highest BCUT2D eigenvalue weighted by Gasteiger charge is 2.23. The summed E-state index contributed by atoms with van der Waals surface area (Å²) in [5.74, 6) is 0. The van der Waals surface area contributed by atoms with E-state index in [0.29, 0.717) is 11.3 Å². The maximum absolute atomic E-state index is 13.3. The monoisotopic (exact) mass is 454 g/mol. The normalized spacial score (nSPS) is 11.9. The van der Waals surface area contributed by atoms with Gasteiger partial charge in [-0.2, -0.15) is 0 Å². The summed E-state index contributed by atoms with van der Waals surface area (Å²) in [6, 6.07) is 26.9. The lowest BCUT2D eigenvalue weighted by Crippen LogP contribution is -2.06. The average Bonchev–Trinajstić information content (AvgIpc) is 3.30. The van der Waals surface area contributed by atoms with Crippen molar-refractivity contribution in [3.05, 3.63) is 119 Å². The molecule has 0 aliphatic heterocycles. The van der Waals surface area contributed by atoms with Crippen molar-refractivity contribution in [1.29, 1.82) is 0 Å². The van der Waals surface area contributed by atoms with Gasteiger partial charge in [0.15, 0.2) is 0 Å². The number of aromatic nitrogens is 2. The van der Waals surface area contributed by atoms with Crippen molar-refractivity contribution in [2.75, 3.05) is 0 Å². The molecule has 0 atom stereocenters. The number of para-hydroxylation sites is 2. The van der Waals surface area contributed by atoms with E-state index in [1.807, 2.05) is 36.4 Å². The van der Waals surface area contributed by atoms with Crippen LogP contribution < -0.4 is 5.63 Å². The first-order chi connectivity index (χ1) is 16.0. The molecule has 0 aliphatic carbocycles. The molecule has 0 radical (unpaired) electrons. The van der Waals surface area contributed by atoms with Crippen LogP contribution in [0, 0.1) is 0 Å². The van der Waals surface area contributed by atoms with E-state index < -0.39 is 15.5 Å². The highest BCUT2D eigenvalue weighted by Crippen LogP contribution is 2.26. The molecule has 6 nitrogen and oxygen atoms in total. The van der Waals surface area contributed by atoms with Gasteiger partial charge in [0.1, 0.15) is 5.58 Å². The topological polar surface area (TPSA) is 82.2 Å². The van der Waals surface area contributed by atoms with E-state index in [1.165, 1.54) is 10.6 Å². The SMILES string of the molecule is O=c1oc2ccccc2cc1-c1cn(-c2ccccc2)c(S(=O)(=O)/C=C\c2ccccc2)n1. The third-order valence-corrected chi connectivity index (χ3v) is 6.41. The maximum Gasteiger partial charge on any atom is 0.345 e. The van der Waals surface area contributed by atoms with Crippen LogP contribution in [0.4, 0.5) is 0 Å². The Bertz CT molecular complexity index is 1630. The molecule has 3 aromatic carbocycles. The van der Waals surface area contributed by atoms with Crippen LogP contribution in [0.5, 0.6) is 0 Å². The van der Waals surface area contributed by atoms with Gasteiger partial charge in [-0.1, -0.05) is 66.7 Å². The molecular formula is C26H18N2O4S. The van der Waals surface area contributed by atoms with Crippen LogP contribution in [0.2, 0.25) is 0 Å². The molecule has 0 unspecified atom stereocenters. The van der Waals surface area contributed by atoms with E-state index in [-0.39, 0.29) is 16.4 Å². The lowest BCUT2D eigenvalue weighted by atomic mass is 10.1. The summed E-state index contributed by atoms with van der Waals surface area (Å²) in [5.41, 5.74) is 1.61. The van der Waals surface area contributed by atoms with E-state index in [0.717, 1.165) is 16.4 Å². The Morgan fingerprint density at radius 3 is 2.27 bits per heavy atom. The van der Waals surface area contributed by atoms with Crippen molar-refractivity contribution in [2.45, 2.75) is 5.16 Å². The highest BCUT2D eigenvalue weighted by atomic mass is 32.2. The van der Waals surface area contributed by atoms with Crippen molar-refractivity contribution in [3.8, 4) is 16.9 Å². The molecule has 0 amide bonds. The number of hydrogen-bond donors (Lipinski definition) is 0. The zero-order valence-corrected chi connectivity index (χ0v) is 18.1. The fourth-order valence-electron chi connectivity index (χ4n) is 3.50. The number of hydrogen-bond acceptors (Lipinski definition) is 5. The Morgan fingerprint density at radius 1 is 0.848 bits per heavy atom. The minimum Gasteiger partial charge on any atom is -0.422 e. The zero-order chi connectivity index (χ0) is 22.8. The Hall–Kier alpha value is -4.23. The minimum atomic E-state index is -3.94. The Kier molecular flexibility index (Phi) is 5.24. The standard InChI is InChI=1S/C26H18N2O4S/c29-25-22(17-20-11-7-8-14-24(20)32-25)23-18-28(21-12-5-2-6-13-21)26(27-23)33(30,31)16-15-19-9-3-1-4-10-19/h1-18H/b16-15-. The fraction of sp³-hybridized carbons (Fsp3) is 0. The molecule has 5 rings (SSSR count). The molecule has 2 aromatic heterocycles. The van der Waals surface area contributed by atoms with Gasteiger partial charge < -0.3 is 4.42 Å². The summed E-state index contributed by atoms with van der Waals surface area (Å²) in [7, 11) is -3.94. The van der Waals surface area contributed by atoms with E-state index >= 15 is 0 Å². The second kappa shape index (κ2) is 8.37. The Morgan fingerprint density at radius 2 is 1.52 bits per heavy atom. The summed E-state index contributed by atoms with van der Waals surface area (Å²) >= 11 is 0. The maximum atomic E-state index is 13.3. The predicted molar refractivity (Wildman–Crippen MR) is 128 cm³/mol. The second-order valence-electron chi connectivity index (χ2n) is 7.36. The van der Waals surface area contributed by atoms with Gasteiger partial charge in [-0.3, -0.25) is 4.57 Å². The van der Waals surface area contributed by atoms with Crippen molar-refractivity contribution in [1.82, 2.24) is 9.55 Å². The number of sulfone groups is 1. The van der Waals surface area contributed by atoms with Gasteiger partial charge in [0.25, 0.3) is 0 Å². The van der Waals surface area contributed by atoms with Crippen LogP contribution in [0.1, 0.15) is 5.56 Å². The summed E-state index contributed by atoms with van der Waals surface area (Å²) in [6.45, 7) is 0. The number of benzene rings is 3. The molecule has 0 saturated heterocycles. The summed E-state index contributed by atoms with van der Waals surface area (Å²) < 4.78 is 33.4. The summed E-state index contributed by atoms with van der Waals surface area (Å²) in [4.78, 5) is 17.0. The molecular weight excluding hydrogens is 436 g/mol. The first kappa shape index (κ1) is 20.7. The number of nitrogens with zero attached hydrogens (tertiary/aromatic N) is 2. The molecule has 33 heavy (non-hydrogen) atoms. The molecule has 0 fully saturated rings. The number of fused-ring (bicyclic) bond motifs is 1. The summed E-state index contributed by atoms with van der Waals surface area (Å²) in [6.07, 6.45) is 3.06. The van der Waals surface area contributed by atoms with Gasteiger partial charge in [0, 0.05) is 22.7 Å². The molecule has 7 heteroatoms. The van der Waals surface area contributed by atoms with Crippen molar-refractivity contribution in [3.63, 3.8) is 0 Å². The first-order valence-corrected chi connectivity index (χ1v) is 11.7. The Labute approximate surface area is 190 Å². The summed E-state index contributed by atoms with van der Waals surface area (Å²) in [5, 5.41) is 1.65. The van der Waals surface area contributed by atoms with Crippen LogP contribution in [-0.4, -0.2) is 18.0 Å². The first-order valence-electron chi connectivity index (χ1n) is 10.2. The predicted octanol–water partition coefficient (Wildman–Crippen LogP) is 5.09. The quantitative estimate of drug-likeness (QED) is 0.346. The second-order valence-corrected chi connectivity index (χ2v) is 9.09. The Balaban J connectivity index is 1.68. The van der Waals surface area contributed by atoms with Crippen molar-refractivity contribution < 1.29 is 12.8 Å². The van der Waals surface area contributed by atoms with Crippen molar-refractivity contribution in [2.24, 2.45) is 0 Å². The van der Waals surface area contributed by atoms with E-state index in [9.17, 15) is 13.2 Å². The van der Waals surface area contributed by atoms with Crippen molar-refractivity contribution >= 4 is 26.9 Å². The van der Waals surface area contributed by atoms with Gasteiger partial charge in [0.05, 0.1) is 11.3 Å².